The van der Waals surface area contributed by atoms with Gasteiger partial charge in [-0.2, -0.15) is 5.26 Å². The molecule has 0 aliphatic carbocycles. The number of nitrogens with zero attached hydrogens (tertiary/aromatic N) is 2. The molecule has 0 aliphatic rings. The summed E-state index contributed by atoms with van der Waals surface area (Å²) in [5.74, 6) is -3.31. The average Bonchev–Trinajstić information content (AvgIpc) is 2.27. The molecule has 1 atom stereocenters. The van der Waals surface area contributed by atoms with E-state index in [9.17, 15) is 13.6 Å². The van der Waals surface area contributed by atoms with E-state index in [2.05, 4.69) is 0 Å². The largest absolute Gasteiger partial charge is 0.478 e. The molecule has 0 saturated heterocycles. The van der Waals surface area contributed by atoms with Gasteiger partial charge >= 0.3 is 5.97 Å². The molecule has 0 aromatic heterocycles. The standard InChI is InChI=1S/C12H12F2N2O2/c1-7(3-4-15)16(2)11-9(13)5-8(12(17)18)6-10(11)14/h5-7H,3H2,1-2H3,(H,17,18). The van der Waals surface area contributed by atoms with Crippen molar-refractivity contribution in [3.63, 3.8) is 0 Å². The van der Waals surface area contributed by atoms with Gasteiger partial charge in [-0.1, -0.05) is 0 Å². The highest BCUT2D eigenvalue weighted by Crippen LogP contribution is 2.26. The molecule has 0 fully saturated rings. The summed E-state index contributed by atoms with van der Waals surface area (Å²) in [6.45, 7) is 1.65. The third-order valence-electron chi connectivity index (χ3n) is 2.66. The summed E-state index contributed by atoms with van der Waals surface area (Å²) in [5, 5.41) is 17.2. The number of anilines is 1. The van der Waals surface area contributed by atoms with Crippen molar-refractivity contribution in [3.8, 4) is 6.07 Å². The molecule has 1 unspecified atom stereocenters. The van der Waals surface area contributed by atoms with E-state index in [1.54, 1.807) is 6.92 Å². The zero-order chi connectivity index (χ0) is 13.9. The van der Waals surface area contributed by atoms with Crippen LogP contribution in [0.4, 0.5) is 14.5 Å². The lowest BCUT2D eigenvalue weighted by atomic mass is 10.1. The van der Waals surface area contributed by atoms with E-state index in [1.807, 2.05) is 6.07 Å². The first-order valence-electron chi connectivity index (χ1n) is 5.20. The quantitative estimate of drug-likeness (QED) is 0.896. The van der Waals surface area contributed by atoms with E-state index in [0.717, 1.165) is 12.1 Å². The maximum absolute atomic E-state index is 13.7. The van der Waals surface area contributed by atoms with Crippen molar-refractivity contribution in [2.24, 2.45) is 0 Å². The Labute approximate surface area is 103 Å². The molecule has 0 saturated carbocycles. The van der Waals surface area contributed by atoms with Crippen LogP contribution in [0.15, 0.2) is 12.1 Å². The van der Waals surface area contributed by atoms with E-state index >= 15 is 0 Å². The van der Waals surface area contributed by atoms with Gasteiger partial charge in [0, 0.05) is 13.1 Å². The Morgan fingerprint density at radius 1 is 1.50 bits per heavy atom. The Morgan fingerprint density at radius 3 is 2.39 bits per heavy atom. The molecule has 18 heavy (non-hydrogen) atoms. The fourth-order valence-electron chi connectivity index (χ4n) is 1.52. The van der Waals surface area contributed by atoms with Gasteiger partial charge in [-0.3, -0.25) is 0 Å². The topological polar surface area (TPSA) is 64.3 Å². The summed E-state index contributed by atoms with van der Waals surface area (Å²) in [4.78, 5) is 11.9. The zero-order valence-corrected chi connectivity index (χ0v) is 9.94. The maximum Gasteiger partial charge on any atom is 0.335 e. The van der Waals surface area contributed by atoms with Crippen molar-refractivity contribution in [2.75, 3.05) is 11.9 Å². The van der Waals surface area contributed by atoms with Crippen molar-refractivity contribution in [1.29, 1.82) is 5.26 Å². The number of benzene rings is 1. The molecule has 0 heterocycles. The number of aromatic carboxylic acids is 1. The van der Waals surface area contributed by atoms with E-state index in [4.69, 9.17) is 10.4 Å². The van der Waals surface area contributed by atoms with Crippen LogP contribution in [0.3, 0.4) is 0 Å². The second kappa shape index (κ2) is 5.45. The van der Waals surface area contributed by atoms with Crippen LogP contribution < -0.4 is 4.90 Å². The van der Waals surface area contributed by atoms with Gasteiger partial charge in [0.2, 0.25) is 0 Å². The number of rotatable bonds is 4. The molecule has 0 spiro atoms. The van der Waals surface area contributed by atoms with Crippen LogP contribution in [0.25, 0.3) is 0 Å². The number of carbonyl (C=O) groups is 1. The van der Waals surface area contributed by atoms with Crippen LogP contribution >= 0.6 is 0 Å². The first kappa shape index (κ1) is 13.9. The molecule has 0 radical (unpaired) electrons. The summed E-state index contributed by atoms with van der Waals surface area (Å²) < 4.78 is 27.4. The fourth-order valence-corrected chi connectivity index (χ4v) is 1.52. The molecule has 0 aliphatic heterocycles. The second-order valence-corrected chi connectivity index (χ2v) is 3.92. The summed E-state index contributed by atoms with van der Waals surface area (Å²) >= 11 is 0. The molecule has 0 amide bonds. The molecule has 0 bridgehead atoms. The van der Waals surface area contributed by atoms with Crippen molar-refractivity contribution < 1.29 is 18.7 Å². The molecule has 1 aromatic carbocycles. The van der Waals surface area contributed by atoms with E-state index in [1.165, 1.54) is 11.9 Å². The second-order valence-electron chi connectivity index (χ2n) is 3.92. The predicted octanol–water partition coefficient (Wildman–Crippen LogP) is 2.40. The Morgan fingerprint density at radius 2 is 2.00 bits per heavy atom. The number of halogens is 2. The first-order valence-corrected chi connectivity index (χ1v) is 5.20. The molecule has 1 N–H and O–H groups in total. The molecule has 1 aromatic rings. The summed E-state index contributed by atoms with van der Waals surface area (Å²) in [6, 6.07) is 3.05. The van der Waals surface area contributed by atoms with Gasteiger partial charge in [-0.25, -0.2) is 13.6 Å². The highest BCUT2D eigenvalue weighted by atomic mass is 19.1. The van der Waals surface area contributed by atoms with E-state index in [0.29, 0.717) is 0 Å². The van der Waals surface area contributed by atoms with Gasteiger partial charge in [-0.05, 0) is 19.1 Å². The van der Waals surface area contributed by atoms with Crippen molar-refractivity contribution in [1.82, 2.24) is 0 Å². The van der Waals surface area contributed by atoms with Crippen LogP contribution in [0.1, 0.15) is 23.7 Å². The fraction of sp³-hybridized carbons (Fsp3) is 0.333. The predicted molar refractivity (Wildman–Crippen MR) is 61.4 cm³/mol. The van der Waals surface area contributed by atoms with Crippen LogP contribution in [-0.2, 0) is 0 Å². The molecule has 96 valence electrons. The number of hydrogen-bond donors (Lipinski definition) is 1. The van der Waals surface area contributed by atoms with Gasteiger partial charge in [-0.15, -0.1) is 0 Å². The highest BCUT2D eigenvalue weighted by molar-refractivity contribution is 5.88. The maximum atomic E-state index is 13.7. The minimum absolute atomic E-state index is 0.107. The van der Waals surface area contributed by atoms with Crippen molar-refractivity contribution >= 4 is 11.7 Å². The molecular weight excluding hydrogens is 242 g/mol. The Bertz CT molecular complexity index is 488. The Balaban J connectivity index is 3.18. The van der Waals surface area contributed by atoms with E-state index < -0.39 is 23.2 Å². The van der Waals surface area contributed by atoms with Crippen molar-refractivity contribution in [3.05, 3.63) is 29.3 Å². The smallest absolute Gasteiger partial charge is 0.335 e. The lowest BCUT2D eigenvalue weighted by Crippen LogP contribution is -2.30. The number of carboxylic acids is 1. The third-order valence-corrected chi connectivity index (χ3v) is 2.66. The van der Waals surface area contributed by atoms with Gasteiger partial charge in [0.25, 0.3) is 0 Å². The summed E-state index contributed by atoms with van der Waals surface area (Å²) in [7, 11) is 1.45. The van der Waals surface area contributed by atoms with Gasteiger partial charge < -0.3 is 10.0 Å². The number of carboxylic acid groups (broad SMARTS) is 1. The molecule has 6 heteroatoms. The highest BCUT2D eigenvalue weighted by Gasteiger charge is 2.20. The van der Waals surface area contributed by atoms with Gasteiger partial charge in [0.05, 0.1) is 18.1 Å². The molecule has 4 nitrogen and oxygen atoms in total. The number of nitriles is 1. The normalized spacial score (nSPS) is 11.7. The summed E-state index contributed by atoms with van der Waals surface area (Å²) in [5.41, 5.74) is -0.780. The minimum Gasteiger partial charge on any atom is -0.478 e. The lowest BCUT2D eigenvalue weighted by molar-refractivity contribution is 0.0696. The van der Waals surface area contributed by atoms with E-state index in [-0.39, 0.29) is 18.2 Å². The molecular formula is C12H12F2N2O2. The van der Waals surface area contributed by atoms with Crippen LogP contribution in [-0.4, -0.2) is 24.2 Å². The Hall–Kier alpha value is -2.16. The summed E-state index contributed by atoms with van der Waals surface area (Å²) in [6.07, 6.45) is 0.107. The Kier molecular flexibility index (Phi) is 4.21. The van der Waals surface area contributed by atoms with Crippen molar-refractivity contribution in [2.45, 2.75) is 19.4 Å². The average molecular weight is 254 g/mol. The SMILES string of the molecule is CC(CC#N)N(C)c1c(F)cc(C(=O)O)cc1F. The van der Waals surface area contributed by atoms with Gasteiger partial charge in [0.1, 0.15) is 17.3 Å². The van der Waals surface area contributed by atoms with Crippen LogP contribution in [0, 0.1) is 23.0 Å². The zero-order valence-electron chi connectivity index (χ0n) is 9.94. The van der Waals surface area contributed by atoms with Crippen LogP contribution in [0.2, 0.25) is 0 Å². The van der Waals surface area contributed by atoms with Crippen LogP contribution in [0.5, 0.6) is 0 Å². The molecule has 1 rings (SSSR count). The minimum atomic E-state index is -1.40. The monoisotopic (exact) mass is 254 g/mol. The number of hydrogen-bond acceptors (Lipinski definition) is 3. The third kappa shape index (κ3) is 2.74. The van der Waals surface area contributed by atoms with Gasteiger partial charge in [0.15, 0.2) is 0 Å². The first-order chi connectivity index (χ1) is 8.38. The lowest BCUT2D eigenvalue weighted by Gasteiger charge is -2.26.